The maximum atomic E-state index is 14.2. The fourth-order valence-corrected chi connectivity index (χ4v) is 9.04. The molecule has 0 bridgehead atoms. The lowest BCUT2D eigenvalue weighted by Gasteiger charge is -2.31. The number of carbonyl (C=O) groups excluding carboxylic acids is 3. The van der Waals surface area contributed by atoms with Crippen LogP contribution in [-0.2, 0) is 19.1 Å². The topological polar surface area (TPSA) is 149 Å². The number of rotatable bonds is 13. The van der Waals surface area contributed by atoms with Crippen molar-refractivity contribution in [1.29, 1.82) is 0 Å². The Morgan fingerprint density at radius 1 is 0.790 bits per heavy atom. The zero-order chi connectivity index (χ0) is 43.5. The maximum absolute atomic E-state index is 14.2. The lowest BCUT2D eigenvalue weighted by atomic mass is 9.98. The Bertz CT molecular complexity index is 2510. The quantitative estimate of drug-likeness (QED) is 0.105. The van der Waals surface area contributed by atoms with Gasteiger partial charge >= 0.3 is 6.09 Å². The Kier molecular flexibility index (Phi) is 12.5. The molecular weight excluding hydrogens is 781 g/mol. The second-order valence-corrected chi connectivity index (χ2v) is 16.9. The van der Waals surface area contributed by atoms with Crippen molar-refractivity contribution in [1.82, 2.24) is 40.0 Å². The average molecular weight is 837 g/mol. The minimum Gasteiger partial charge on any atom is -0.453 e. The summed E-state index contributed by atoms with van der Waals surface area (Å²) < 4.78 is 10.8. The van der Waals surface area contributed by atoms with Gasteiger partial charge in [0.15, 0.2) is 0 Å². The van der Waals surface area contributed by atoms with Gasteiger partial charge in [-0.1, -0.05) is 92.7 Å². The van der Waals surface area contributed by atoms with Crippen molar-refractivity contribution < 1.29 is 23.9 Å². The van der Waals surface area contributed by atoms with Gasteiger partial charge in [-0.05, 0) is 84.9 Å². The van der Waals surface area contributed by atoms with Crippen molar-refractivity contribution in [3.63, 3.8) is 0 Å². The number of hydrogen-bond acceptors (Lipinski definition) is 8. The third-order valence-electron chi connectivity index (χ3n) is 12.2. The minimum absolute atomic E-state index is 0.0339. The first-order valence-electron chi connectivity index (χ1n) is 21.6. The standard InChI is InChI=1S/C49H56N8O5/c1-7-62-38-26-42(57(29-38)48(59)44(55(4)5)33-12-9-8-10-13-33)46-51-27-39(52-46)32-17-15-31(16-18-32)34-19-20-36-25-37(22-21-35(36)24-34)40-28-50-45(53-40)41-14-11-23-56(41)47(58)43(30(2)3)54-49(60)61-6/h8-10,12-13,15-22,24-25,27-28,30,38,41-44H,7,11,14,23,26,29H2,1-6H3,(H,50,53)(H,51,52)(H,54,60)/t38-,41-,42-,43-,44?/m0/s1. The molecule has 4 heterocycles. The number of hydrogen-bond donors (Lipinski definition) is 3. The number of H-pyrrole nitrogens is 2. The molecule has 2 aliphatic heterocycles. The van der Waals surface area contributed by atoms with Crippen LogP contribution in [0.25, 0.3) is 44.4 Å². The van der Waals surface area contributed by atoms with E-state index in [2.05, 4.69) is 75.9 Å². The molecule has 13 heteroatoms. The molecule has 5 atom stereocenters. The number of imidazole rings is 2. The number of carbonyl (C=O) groups is 3. The highest BCUT2D eigenvalue weighted by molar-refractivity contribution is 5.91. The largest absolute Gasteiger partial charge is 0.453 e. The molecular formula is C49H56N8O5. The van der Waals surface area contributed by atoms with Gasteiger partial charge in [0.2, 0.25) is 11.8 Å². The van der Waals surface area contributed by atoms with Gasteiger partial charge in [-0.25, -0.2) is 14.8 Å². The predicted molar refractivity (Wildman–Crippen MR) is 240 cm³/mol. The number of nitrogens with one attached hydrogen (secondary N) is 3. The molecule has 0 radical (unpaired) electrons. The number of likely N-dealkylation sites (tertiary alicyclic amines) is 2. The van der Waals surface area contributed by atoms with Crippen LogP contribution in [0.5, 0.6) is 0 Å². The molecule has 13 nitrogen and oxygen atoms in total. The summed E-state index contributed by atoms with van der Waals surface area (Å²) in [5.41, 5.74) is 6.93. The summed E-state index contributed by atoms with van der Waals surface area (Å²) in [5.74, 6) is 1.29. The van der Waals surface area contributed by atoms with Crippen LogP contribution in [0, 0.1) is 5.92 Å². The Morgan fingerprint density at radius 3 is 2.05 bits per heavy atom. The summed E-state index contributed by atoms with van der Waals surface area (Å²) in [5, 5.41) is 4.93. The van der Waals surface area contributed by atoms with E-state index in [1.165, 1.54) is 7.11 Å². The lowest BCUT2D eigenvalue weighted by molar-refractivity contribution is -0.138. The summed E-state index contributed by atoms with van der Waals surface area (Å²) in [7, 11) is 5.18. The first-order valence-corrected chi connectivity index (χ1v) is 21.6. The van der Waals surface area contributed by atoms with Gasteiger partial charge in [-0.3, -0.25) is 14.5 Å². The summed E-state index contributed by atoms with van der Waals surface area (Å²) in [6.45, 7) is 7.50. The molecule has 6 aromatic rings. The van der Waals surface area contributed by atoms with Crippen LogP contribution in [0.15, 0.2) is 103 Å². The molecule has 1 unspecified atom stereocenters. The van der Waals surface area contributed by atoms with Crippen LogP contribution >= 0.6 is 0 Å². The zero-order valence-electron chi connectivity index (χ0n) is 36.3. The highest BCUT2D eigenvalue weighted by Crippen LogP contribution is 2.38. The van der Waals surface area contributed by atoms with Crippen LogP contribution in [0.4, 0.5) is 4.79 Å². The fraction of sp³-hybridized carbons (Fsp3) is 0.367. The Hall–Kier alpha value is -6.31. The van der Waals surface area contributed by atoms with E-state index in [-0.39, 0.29) is 35.9 Å². The van der Waals surface area contributed by atoms with Crippen molar-refractivity contribution in [2.45, 2.75) is 70.3 Å². The molecule has 2 saturated heterocycles. The molecule has 2 aromatic heterocycles. The van der Waals surface area contributed by atoms with Crippen molar-refractivity contribution in [2.24, 2.45) is 5.92 Å². The molecule has 0 saturated carbocycles. The molecule has 2 aliphatic rings. The lowest BCUT2D eigenvalue weighted by Crippen LogP contribution is -2.51. The van der Waals surface area contributed by atoms with Gasteiger partial charge in [-0.15, -0.1) is 0 Å². The fourth-order valence-electron chi connectivity index (χ4n) is 9.04. The van der Waals surface area contributed by atoms with E-state index in [1.54, 1.807) is 0 Å². The molecule has 8 rings (SSSR count). The van der Waals surface area contributed by atoms with Crippen molar-refractivity contribution in [3.8, 4) is 33.6 Å². The van der Waals surface area contributed by atoms with Gasteiger partial charge in [0.1, 0.15) is 23.7 Å². The summed E-state index contributed by atoms with van der Waals surface area (Å²) >= 11 is 0. The van der Waals surface area contributed by atoms with Crippen LogP contribution in [0.3, 0.4) is 0 Å². The number of nitrogens with zero attached hydrogens (tertiary/aromatic N) is 5. The van der Waals surface area contributed by atoms with E-state index < -0.39 is 18.2 Å². The minimum atomic E-state index is -0.685. The first kappa shape index (κ1) is 42.4. The van der Waals surface area contributed by atoms with Gasteiger partial charge in [-0.2, -0.15) is 0 Å². The number of ether oxygens (including phenoxy) is 2. The smallest absolute Gasteiger partial charge is 0.407 e. The second kappa shape index (κ2) is 18.3. The third-order valence-corrected chi connectivity index (χ3v) is 12.2. The molecule has 3 amide bonds. The number of amides is 3. The number of aromatic amines is 2. The van der Waals surface area contributed by atoms with Gasteiger partial charge in [0, 0.05) is 31.7 Å². The molecule has 0 spiro atoms. The van der Waals surface area contributed by atoms with E-state index in [9.17, 15) is 14.4 Å². The summed E-state index contributed by atoms with van der Waals surface area (Å²) in [6.07, 6.45) is 5.31. The number of fused-ring (bicyclic) bond motifs is 1. The average Bonchev–Trinajstić information content (AvgIpc) is 4.12. The first-order chi connectivity index (χ1) is 30.0. The second-order valence-electron chi connectivity index (χ2n) is 16.9. The molecule has 62 heavy (non-hydrogen) atoms. The monoisotopic (exact) mass is 836 g/mol. The van der Waals surface area contributed by atoms with Gasteiger partial charge < -0.3 is 34.6 Å². The van der Waals surface area contributed by atoms with Gasteiger partial charge in [0.05, 0.1) is 49.1 Å². The van der Waals surface area contributed by atoms with Crippen LogP contribution in [-0.4, -0.2) is 106 Å². The number of methoxy groups -OCH3 is 1. The van der Waals surface area contributed by atoms with E-state index in [0.717, 1.165) is 74.5 Å². The normalized spacial score (nSPS) is 18.7. The highest BCUT2D eigenvalue weighted by atomic mass is 16.5. The number of alkyl carbamates (subject to hydrolysis) is 1. The van der Waals surface area contributed by atoms with Crippen LogP contribution < -0.4 is 5.32 Å². The summed E-state index contributed by atoms with van der Waals surface area (Å²) in [4.78, 5) is 62.2. The Morgan fingerprint density at radius 2 is 1.40 bits per heavy atom. The predicted octanol–water partition coefficient (Wildman–Crippen LogP) is 8.31. The Labute approximate surface area is 362 Å². The van der Waals surface area contributed by atoms with E-state index in [1.807, 2.05) is 92.3 Å². The van der Waals surface area contributed by atoms with Crippen LogP contribution in [0.2, 0.25) is 0 Å². The molecule has 3 N–H and O–H groups in total. The molecule has 322 valence electrons. The number of aromatic nitrogens is 4. The third kappa shape index (κ3) is 8.73. The summed E-state index contributed by atoms with van der Waals surface area (Å²) in [6, 6.07) is 29.7. The molecule has 4 aromatic carbocycles. The van der Waals surface area contributed by atoms with E-state index in [0.29, 0.717) is 26.1 Å². The zero-order valence-corrected chi connectivity index (χ0v) is 36.3. The van der Waals surface area contributed by atoms with Crippen molar-refractivity contribution >= 4 is 28.7 Å². The van der Waals surface area contributed by atoms with E-state index in [4.69, 9.17) is 19.4 Å². The highest BCUT2D eigenvalue weighted by Gasteiger charge is 2.42. The van der Waals surface area contributed by atoms with Crippen LogP contribution in [0.1, 0.15) is 75.4 Å². The maximum Gasteiger partial charge on any atom is 0.407 e. The Balaban J connectivity index is 0.959. The van der Waals surface area contributed by atoms with Crippen molar-refractivity contribution in [2.75, 3.05) is 40.9 Å². The SMILES string of the molecule is CCO[C@H]1C[C@@H](c2ncc(-c3ccc(-c4ccc5cc(-c6cnc([C@@H]7CCCN7C(=O)[C@@H](NC(=O)OC)C(C)C)[nH]6)ccc5c4)cc3)[nH]2)N(C(=O)C(c2ccccc2)N(C)C)C1. The van der Waals surface area contributed by atoms with E-state index >= 15 is 0 Å². The molecule has 0 aliphatic carbocycles. The van der Waals surface area contributed by atoms with Crippen molar-refractivity contribution in [3.05, 3.63) is 121 Å². The molecule has 2 fully saturated rings. The van der Waals surface area contributed by atoms with Gasteiger partial charge in [0.25, 0.3) is 0 Å². The number of benzene rings is 4. The number of likely N-dealkylation sites (N-methyl/N-ethyl adjacent to an activating group) is 1.